The lowest BCUT2D eigenvalue weighted by molar-refractivity contribution is 0.844. The van der Waals surface area contributed by atoms with Gasteiger partial charge in [0.05, 0.1) is 6.20 Å². The summed E-state index contributed by atoms with van der Waals surface area (Å²) in [6, 6.07) is 11.8. The van der Waals surface area contributed by atoms with Gasteiger partial charge in [0.15, 0.2) is 0 Å². The lowest BCUT2D eigenvalue weighted by atomic mass is 10.1. The van der Waals surface area contributed by atoms with Crippen LogP contribution in [0.3, 0.4) is 0 Å². The number of rotatable bonds is 3. The van der Waals surface area contributed by atoms with Crippen LogP contribution in [-0.2, 0) is 12.8 Å². The Hall–Kier alpha value is -2.41. The van der Waals surface area contributed by atoms with E-state index in [-0.39, 0.29) is 11.1 Å². The molecule has 17 heavy (non-hydrogen) atoms. The van der Waals surface area contributed by atoms with Crippen LogP contribution in [0.2, 0.25) is 0 Å². The molecule has 0 aliphatic carbocycles. The number of aromatic amines is 1. The first-order chi connectivity index (χ1) is 8.29. The van der Waals surface area contributed by atoms with Gasteiger partial charge < -0.3 is 4.98 Å². The van der Waals surface area contributed by atoms with Crippen LogP contribution in [0.25, 0.3) is 0 Å². The molecule has 0 fully saturated rings. The van der Waals surface area contributed by atoms with Crippen molar-refractivity contribution in [2.75, 3.05) is 0 Å². The fourth-order valence-electron chi connectivity index (χ4n) is 1.55. The number of hydrogen-bond acceptors (Lipinski definition) is 3. The average molecular weight is 225 g/mol. The van der Waals surface area contributed by atoms with Gasteiger partial charge in [0.1, 0.15) is 17.5 Å². The fraction of sp³-hybridized carbons (Fsp3) is 0.154. The zero-order valence-electron chi connectivity index (χ0n) is 9.18. The largest absolute Gasteiger partial charge is 0.309 e. The Balaban J connectivity index is 2.08. The summed E-state index contributed by atoms with van der Waals surface area (Å²) < 4.78 is 0. The maximum atomic E-state index is 11.4. The van der Waals surface area contributed by atoms with Crippen molar-refractivity contribution >= 4 is 0 Å². The first kappa shape index (κ1) is 11.1. The van der Waals surface area contributed by atoms with Crippen LogP contribution in [0.15, 0.2) is 41.3 Å². The molecule has 1 aromatic heterocycles. The minimum absolute atomic E-state index is 0.0495. The topological polar surface area (TPSA) is 69.5 Å². The molecule has 1 N–H and O–H groups in total. The molecule has 0 amide bonds. The number of aryl methyl sites for hydroxylation is 2. The summed E-state index contributed by atoms with van der Waals surface area (Å²) >= 11 is 0. The third-order valence-corrected chi connectivity index (χ3v) is 2.47. The van der Waals surface area contributed by atoms with E-state index in [9.17, 15) is 4.79 Å². The van der Waals surface area contributed by atoms with E-state index in [4.69, 9.17) is 5.26 Å². The highest BCUT2D eigenvalue weighted by Gasteiger charge is 2.01. The maximum Gasteiger partial charge on any atom is 0.268 e. The van der Waals surface area contributed by atoms with Gasteiger partial charge in [-0.25, -0.2) is 4.98 Å². The number of nitrogens with zero attached hydrogens (tertiary/aromatic N) is 2. The zero-order chi connectivity index (χ0) is 12.1. The maximum absolute atomic E-state index is 11.4. The predicted molar refractivity (Wildman–Crippen MR) is 63.4 cm³/mol. The molecular weight excluding hydrogens is 214 g/mol. The van der Waals surface area contributed by atoms with Gasteiger partial charge in [-0.2, -0.15) is 5.26 Å². The number of nitriles is 1. The molecule has 2 aromatic rings. The second-order valence-corrected chi connectivity index (χ2v) is 3.67. The van der Waals surface area contributed by atoms with Crippen LogP contribution in [0.4, 0.5) is 0 Å². The summed E-state index contributed by atoms with van der Waals surface area (Å²) in [6.45, 7) is 0. The summed E-state index contributed by atoms with van der Waals surface area (Å²) in [4.78, 5) is 18.0. The molecule has 0 atom stereocenters. The Labute approximate surface area is 98.6 Å². The smallest absolute Gasteiger partial charge is 0.268 e. The number of H-pyrrole nitrogens is 1. The lowest BCUT2D eigenvalue weighted by Crippen LogP contribution is -2.14. The van der Waals surface area contributed by atoms with Crippen LogP contribution in [0.1, 0.15) is 17.0 Å². The summed E-state index contributed by atoms with van der Waals surface area (Å²) in [5.41, 5.74) is 0.874. The molecule has 0 unspecified atom stereocenters. The summed E-state index contributed by atoms with van der Waals surface area (Å²) in [5, 5.41) is 8.61. The van der Waals surface area contributed by atoms with E-state index < -0.39 is 0 Å². The Kier molecular flexibility index (Phi) is 3.31. The normalized spacial score (nSPS) is 9.82. The molecule has 0 saturated carbocycles. The van der Waals surface area contributed by atoms with Gasteiger partial charge in [0.25, 0.3) is 5.56 Å². The molecule has 84 valence electrons. The molecule has 2 rings (SSSR count). The monoisotopic (exact) mass is 225 g/mol. The zero-order valence-corrected chi connectivity index (χ0v) is 9.18. The highest BCUT2D eigenvalue weighted by molar-refractivity contribution is 5.22. The van der Waals surface area contributed by atoms with E-state index in [0.717, 1.165) is 6.42 Å². The molecular formula is C13H11N3O. The predicted octanol–water partition coefficient (Wildman–Crippen LogP) is 1.43. The van der Waals surface area contributed by atoms with Gasteiger partial charge in [-0.15, -0.1) is 0 Å². The molecule has 4 heteroatoms. The summed E-state index contributed by atoms with van der Waals surface area (Å²) in [6.07, 6.45) is 2.79. The van der Waals surface area contributed by atoms with Gasteiger partial charge in [-0.05, 0) is 12.0 Å². The standard InChI is InChI=1S/C13H11N3O/c14-8-11-9-15-12(16-13(11)17)7-6-10-4-2-1-3-5-10/h1-5,9H,6-7H2,(H,15,16,17). The number of aromatic nitrogens is 2. The molecule has 0 bridgehead atoms. The summed E-state index contributed by atoms with van der Waals surface area (Å²) in [7, 11) is 0. The average Bonchev–Trinajstić information content (AvgIpc) is 2.38. The number of hydrogen-bond donors (Lipinski definition) is 1. The van der Waals surface area contributed by atoms with E-state index in [1.165, 1.54) is 11.8 Å². The van der Waals surface area contributed by atoms with Crippen molar-refractivity contribution in [2.24, 2.45) is 0 Å². The van der Waals surface area contributed by atoms with Crippen molar-refractivity contribution < 1.29 is 0 Å². The van der Waals surface area contributed by atoms with Crippen molar-refractivity contribution in [1.82, 2.24) is 9.97 Å². The van der Waals surface area contributed by atoms with Crippen LogP contribution in [0.5, 0.6) is 0 Å². The number of nitrogens with one attached hydrogen (secondary N) is 1. The molecule has 0 aliphatic rings. The SMILES string of the molecule is N#Cc1cnc(CCc2ccccc2)[nH]c1=O. The van der Waals surface area contributed by atoms with Gasteiger partial charge in [-0.1, -0.05) is 30.3 Å². The van der Waals surface area contributed by atoms with Gasteiger partial charge in [0.2, 0.25) is 0 Å². The minimum Gasteiger partial charge on any atom is -0.309 e. The minimum atomic E-state index is -0.370. The molecule has 0 radical (unpaired) electrons. The van der Waals surface area contributed by atoms with Crippen LogP contribution < -0.4 is 5.56 Å². The highest BCUT2D eigenvalue weighted by atomic mass is 16.1. The van der Waals surface area contributed by atoms with Crippen LogP contribution >= 0.6 is 0 Å². The van der Waals surface area contributed by atoms with Crippen LogP contribution in [0, 0.1) is 11.3 Å². The van der Waals surface area contributed by atoms with Crippen molar-refractivity contribution in [3.63, 3.8) is 0 Å². The summed E-state index contributed by atoms with van der Waals surface area (Å²) in [5.74, 6) is 0.609. The molecule has 0 saturated heterocycles. The number of benzene rings is 1. The lowest BCUT2D eigenvalue weighted by Gasteiger charge is -2.01. The van der Waals surface area contributed by atoms with Gasteiger partial charge in [0, 0.05) is 6.42 Å². The van der Waals surface area contributed by atoms with E-state index >= 15 is 0 Å². The van der Waals surface area contributed by atoms with Crippen LogP contribution in [-0.4, -0.2) is 9.97 Å². The van der Waals surface area contributed by atoms with E-state index in [2.05, 4.69) is 9.97 Å². The molecule has 0 aliphatic heterocycles. The van der Waals surface area contributed by atoms with E-state index in [1.807, 2.05) is 30.3 Å². The quantitative estimate of drug-likeness (QED) is 0.859. The molecule has 4 nitrogen and oxygen atoms in total. The Morgan fingerprint density at radius 1 is 1.24 bits per heavy atom. The van der Waals surface area contributed by atoms with E-state index in [0.29, 0.717) is 12.2 Å². The molecule has 0 spiro atoms. The third-order valence-electron chi connectivity index (χ3n) is 2.47. The Morgan fingerprint density at radius 3 is 2.65 bits per heavy atom. The van der Waals surface area contributed by atoms with Crippen molar-refractivity contribution in [3.05, 3.63) is 63.8 Å². The molecule has 1 aromatic carbocycles. The third kappa shape index (κ3) is 2.79. The highest BCUT2D eigenvalue weighted by Crippen LogP contribution is 2.02. The second kappa shape index (κ2) is 5.08. The van der Waals surface area contributed by atoms with Crippen molar-refractivity contribution in [2.45, 2.75) is 12.8 Å². The van der Waals surface area contributed by atoms with Gasteiger partial charge in [-0.3, -0.25) is 4.79 Å². The first-order valence-corrected chi connectivity index (χ1v) is 5.32. The van der Waals surface area contributed by atoms with Crippen molar-refractivity contribution in [1.29, 1.82) is 5.26 Å². The van der Waals surface area contributed by atoms with Crippen molar-refractivity contribution in [3.8, 4) is 6.07 Å². The molecule has 1 heterocycles. The first-order valence-electron chi connectivity index (χ1n) is 5.32. The Morgan fingerprint density at radius 2 is 2.00 bits per heavy atom. The second-order valence-electron chi connectivity index (χ2n) is 3.67. The fourth-order valence-corrected chi connectivity index (χ4v) is 1.55. The van der Waals surface area contributed by atoms with E-state index in [1.54, 1.807) is 6.07 Å². The van der Waals surface area contributed by atoms with Gasteiger partial charge >= 0.3 is 0 Å². The Bertz CT molecular complexity index is 596.